The molecule has 0 aromatic heterocycles. The van der Waals surface area contributed by atoms with E-state index in [2.05, 4.69) is 17.9 Å². The zero-order valence-electron chi connectivity index (χ0n) is 14.1. The van der Waals surface area contributed by atoms with Crippen LogP contribution in [0.3, 0.4) is 0 Å². The first-order valence-corrected chi connectivity index (χ1v) is 8.44. The first kappa shape index (κ1) is 17.8. The van der Waals surface area contributed by atoms with Crippen molar-refractivity contribution in [1.82, 2.24) is 0 Å². The summed E-state index contributed by atoms with van der Waals surface area (Å²) in [6.45, 7) is 1.98. The molecule has 0 unspecified atom stereocenters. The minimum Gasteiger partial charge on any atom is -0.478 e. The van der Waals surface area contributed by atoms with E-state index in [-0.39, 0.29) is 17.2 Å². The van der Waals surface area contributed by atoms with E-state index in [1.807, 2.05) is 31.2 Å². The van der Waals surface area contributed by atoms with E-state index in [1.165, 1.54) is 6.07 Å². The fourth-order valence-corrected chi connectivity index (χ4v) is 2.97. The van der Waals surface area contributed by atoms with Crippen molar-refractivity contribution < 1.29 is 14.7 Å². The molecule has 0 fully saturated rings. The lowest BCUT2D eigenvalue weighted by molar-refractivity contribution is 0.0698. The van der Waals surface area contributed by atoms with Gasteiger partial charge in [0.1, 0.15) is 0 Å². The van der Waals surface area contributed by atoms with Crippen molar-refractivity contribution in [3.05, 3.63) is 83.4 Å². The number of hydrogen-bond donors (Lipinski definition) is 3. The molecule has 0 aliphatic carbocycles. The summed E-state index contributed by atoms with van der Waals surface area (Å²) in [5.41, 5.74) is 3.60. The highest BCUT2D eigenvalue weighted by Crippen LogP contribution is 2.28. The lowest BCUT2D eigenvalue weighted by atomic mass is 9.98. The Kier molecular flexibility index (Phi) is 5.09. The normalized spacial score (nSPS) is 10.4. The minimum absolute atomic E-state index is 0.0395. The molecule has 0 atom stereocenters. The summed E-state index contributed by atoms with van der Waals surface area (Å²) in [5.74, 6) is -1.48. The van der Waals surface area contributed by atoms with Gasteiger partial charge in [-0.15, -0.1) is 12.6 Å². The van der Waals surface area contributed by atoms with E-state index in [0.717, 1.165) is 16.7 Å². The van der Waals surface area contributed by atoms with E-state index < -0.39 is 5.97 Å². The van der Waals surface area contributed by atoms with Gasteiger partial charge in [-0.05, 0) is 53.9 Å². The lowest BCUT2D eigenvalue weighted by Crippen LogP contribution is -2.15. The van der Waals surface area contributed by atoms with Crippen LogP contribution in [0.15, 0.2) is 71.6 Å². The van der Waals surface area contributed by atoms with Crippen molar-refractivity contribution in [3.8, 4) is 11.1 Å². The molecule has 3 aromatic carbocycles. The lowest BCUT2D eigenvalue weighted by Gasteiger charge is -2.12. The Morgan fingerprint density at radius 1 is 0.962 bits per heavy atom. The van der Waals surface area contributed by atoms with Crippen LogP contribution in [0.1, 0.15) is 26.3 Å². The number of carboxylic acid groups (broad SMARTS) is 1. The van der Waals surface area contributed by atoms with Crippen LogP contribution in [0.4, 0.5) is 5.69 Å². The van der Waals surface area contributed by atoms with Crippen molar-refractivity contribution in [2.45, 2.75) is 11.8 Å². The van der Waals surface area contributed by atoms with E-state index in [4.69, 9.17) is 0 Å². The molecule has 0 saturated carbocycles. The Morgan fingerprint density at radius 2 is 1.73 bits per heavy atom. The second-order valence-electron chi connectivity index (χ2n) is 5.88. The zero-order valence-corrected chi connectivity index (χ0v) is 15.0. The van der Waals surface area contributed by atoms with Crippen LogP contribution in [0, 0.1) is 6.92 Å². The number of carbonyl (C=O) groups is 2. The summed E-state index contributed by atoms with van der Waals surface area (Å²) in [6, 6.07) is 19.5. The minimum atomic E-state index is -1.10. The summed E-state index contributed by atoms with van der Waals surface area (Å²) in [4.78, 5) is 24.7. The van der Waals surface area contributed by atoms with Gasteiger partial charge >= 0.3 is 5.97 Å². The van der Waals surface area contributed by atoms with E-state index in [1.54, 1.807) is 36.4 Å². The number of anilines is 1. The van der Waals surface area contributed by atoms with Crippen molar-refractivity contribution >= 4 is 30.2 Å². The second-order valence-corrected chi connectivity index (χ2v) is 6.40. The summed E-state index contributed by atoms with van der Waals surface area (Å²) in [7, 11) is 0. The molecule has 0 bridgehead atoms. The maximum absolute atomic E-state index is 12.5. The highest BCUT2D eigenvalue weighted by atomic mass is 32.1. The maximum atomic E-state index is 12.5. The van der Waals surface area contributed by atoms with Gasteiger partial charge in [-0.2, -0.15) is 0 Å². The number of hydrogen-bond acceptors (Lipinski definition) is 3. The van der Waals surface area contributed by atoms with Crippen molar-refractivity contribution in [2.75, 3.05) is 5.32 Å². The molecular weight excluding hydrogens is 346 g/mol. The number of amides is 1. The number of aromatic carboxylic acids is 1. The molecular formula is C21H17NO3S. The summed E-state index contributed by atoms with van der Waals surface area (Å²) < 4.78 is 0. The molecule has 1 amide bonds. The van der Waals surface area contributed by atoms with Crippen LogP contribution in [0.2, 0.25) is 0 Å². The molecule has 4 nitrogen and oxygen atoms in total. The highest BCUT2D eigenvalue weighted by molar-refractivity contribution is 7.80. The number of aryl methyl sites for hydroxylation is 1. The average Bonchev–Trinajstić information content (AvgIpc) is 2.62. The molecule has 0 spiro atoms. The molecule has 3 aromatic rings. The fraction of sp³-hybridized carbons (Fsp3) is 0.0476. The fourth-order valence-electron chi connectivity index (χ4n) is 2.74. The number of carbonyl (C=O) groups excluding carboxylic acids is 1. The number of nitrogens with one attached hydrogen (secondary N) is 1. The Bertz CT molecular complexity index is 998. The zero-order chi connectivity index (χ0) is 18.7. The Balaban J connectivity index is 2.01. The van der Waals surface area contributed by atoms with Crippen LogP contribution in [0.5, 0.6) is 0 Å². The number of carboxylic acids is 1. The Labute approximate surface area is 156 Å². The Hall–Kier alpha value is -3.05. The topological polar surface area (TPSA) is 66.4 Å². The van der Waals surface area contributed by atoms with Gasteiger partial charge in [0.2, 0.25) is 0 Å². The van der Waals surface area contributed by atoms with E-state index >= 15 is 0 Å². The van der Waals surface area contributed by atoms with Crippen molar-refractivity contribution in [2.24, 2.45) is 0 Å². The highest BCUT2D eigenvalue weighted by Gasteiger charge is 2.15. The molecule has 3 rings (SSSR count). The average molecular weight is 363 g/mol. The molecule has 2 N–H and O–H groups in total. The first-order chi connectivity index (χ1) is 12.5. The van der Waals surface area contributed by atoms with E-state index in [9.17, 15) is 14.7 Å². The van der Waals surface area contributed by atoms with Crippen LogP contribution < -0.4 is 5.32 Å². The van der Waals surface area contributed by atoms with Gasteiger partial charge in [-0.3, -0.25) is 4.79 Å². The predicted octanol–water partition coefficient (Wildman–Crippen LogP) is 4.90. The summed E-state index contributed by atoms with van der Waals surface area (Å²) in [5, 5.41) is 12.2. The third-order valence-corrected chi connectivity index (χ3v) is 4.34. The van der Waals surface area contributed by atoms with Gasteiger partial charge in [-0.1, -0.05) is 36.4 Å². The monoisotopic (exact) mass is 363 g/mol. The van der Waals surface area contributed by atoms with Crippen LogP contribution in [-0.4, -0.2) is 17.0 Å². The third kappa shape index (κ3) is 3.78. The largest absolute Gasteiger partial charge is 0.478 e. The molecule has 130 valence electrons. The van der Waals surface area contributed by atoms with Crippen LogP contribution >= 0.6 is 12.6 Å². The van der Waals surface area contributed by atoms with Crippen LogP contribution in [0.25, 0.3) is 11.1 Å². The molecule has 0 heterocycles. The Morgan fingerprint density at radius 3 is 2.42 bits per heavy atom. The molecule has 0 aliphatic heterocycles. The van der Waals surface area contributed by atoms with Crippen molar-refractivity contribution in [3.63, 3.8) is 0 Å². The standard InChI is InChI=1S/C21H17NO3S/c1-13-5-2-3-8-17(13)14-9-10-18(21(24)25)19(12-14)22-20(23)15-6-4-7-16(26)11-15/h2-12,26H,1H3,(H,22,23)(H,24,25). The van der Waals surface area contributed by atoms with Gasteiger partial charge < -0.3 is 10.4 Å². The molecule has 0 saturated heterocycles. The van der Waals surface area contributed by atoms with Crippen LogP contribution in [-0.2, 0) is 0 Å². The first-order valence-electron chi connectivity index (χ1n) is 7.99. The second kappa shape index (κ2) is 7.45. The van der Waals surface area contributed by atoms with Gasteiger partial charge in [0, 0.05) is 10.5 Å². The maximum Gasteiger partial charge on any atom is 0.337 e. The summed E-state index contributed by atoms with van der Waals surface area (Å²) in [6.07, 6.45) is 0. The van der Waals surface area contributed by atoms with Gasteiger partial charge in [0.05, 0.1) is 11.3 Å². The number of rotatable bonds is 4. The van der Waals surface area contributed by atoms with E-state index in [0.29, 0.717) is 10.5 Å². The van der Waals surface area contributed by atoms with Gasteiger partial charge in [-0.25, -0.2) is 4.79 Å². The third-order valence-electron chi connectivity index (χ3n) is 4.06. The van der Waals surface area contributed by atoms with Gasteiger partial charge in [0.15, 0.2) is 0 Å². The number of benzene rings is 3. The summed E-state index contributed by atoms with van der Waals surface area (Å²) >= 11 is 4.23. The quantitative estimate of drug-likeness (QED) is 0.578. The smallest absolute Gasteiger partial charge is 0.337 e. The molecule has 26 heavy (non-hydrogen) atoms. The SMILES string of the molecule is Cc1ccccc1-c1ccc(C(=O)O)c(NC(=O)c2cccc(S)c2)c1. The molecule has 0 aliphatic rings. The molecule has 5 heteroatoms. The predicted molar refractivity (Wildman–Crippen MR) is 105 cm³/mol. The molecule has 0 radical (unpaired) electrons. The number of thiol groups is 1. The van der Waals surface area contributed by atoms with Gasteiger partial charge in [0.25, 0.3) is 5.91 Å². The van der Waals surface area contributed by atoms with Crippen molar-refractivity contribution in [1.29, 1.82) is 0 Å².